The third kappa shape index (κ3) is 4.24. The van der Waals surface area contributed by atoms with Gasteiger partial charge in [0.1, 0.15) is 21.2 Å². The van der Waals surface area contributed by atoms with Gasteiger partial charge in [0.25, 0.3) is 0 Å². The first-order valence-electron chi connectivity index (χ1n) is 17.7. The van der Waals surface area contributed by atoms with Gasteiger partial charge in [-0.25, -0.2) is 0 Å². The van der Waals surface area contributed by atoms with Crippen molar-refractivity contribution in [1.29, 1.82) is 0 Å². The van der Waals surface area contributed by atoms with Crippen LogP contribution >= 0.6 is 11.3 Å². The molecule has 0 N–H and O–H groups in total. The van der Waals surface area contributed by atoms with Crippen molar-refractivity contribution in [1.82, 2.24) is 9.13 Å². The van der Waals surface area contributed by atoms with Crippen LogP contribution in [0.1, 0.15) is 30.5 Å². The molecule has 11 rings (SSSR count). The highest BCUT2D eigenvalue weighted by Gasteiger charge is 2.24. The smallest absolute Gasteiger partial charge is 0.135 e. The molecule has 0 amide bonds. The Hall–Kier alpha value is -6.10. The van der Waals surface area contributed by atoms with Gasteiger partial charge in [-0.1, -0.05) is 121 Å². The molecule has 0 saturated heterocycles. The molecule has 0 bridgehead atoms. The molecule has 6 aromatic carbocycles. The van der Waals surface area contributed by atoms with Crippen molar-refractivity contribution in [3.8, 4) is 32.3 Å². The molecule has 1 unspecified atom stereocenters. The number of aromatic nitrogens is 2. The predicted molar refractivity (Wildman–Crippen MR) is 216 cm³/mol. The maximum atomic E-state index is 6.37. The lowest BCUT2D eigenvalue weighted by atomic mass is 9.91. The van der Waals surface area contributed by atoms with Crippen LogP contribution in [0.4, 0.5) is 0 Å². The minimum absolute atomic E-state index is 0.491. The van der Waals surface area contributed by atoms with Crippen LogP contribution in [-0.2, 0) is 0 Å². The van der Waals surface area contributed by atoms with Crippen LogP contribution in [0.3, 0.4) is 0 Å². The average molecular weight is 673 g/mol. The van der Waals surface area contributed by atoms with Gasteiger partial charge in [-0.15, -0.1) is 0 Å². The zero-order chi connectivity index (χ0) is 33.6. The second kappa shape index (κ2) is 10.9. The fraction of sp³-hybridized carbons (Fsp3) is 0.0638. The predicted octanol–water partition coefficient (Wildman–Crippen LogP) is 13.5. The molecule has 1 aliphatic rings. The molecule has 4 aromatic heterocycles. The summed E-state index contributed by atoms with van der Waals surface area (Å²) in [5.74, 6) is 0.491. The summed E-state index contributed by atoms with van der Waals surface area (Å²) in [5.41, 5.74) is 13.0. The van der Waals surface area contributed by atoms with Crippen molar-refractivity contribution in [2.24, 2.45) is 0 Å². The molecule has 10 aromatic rings. The highest BCUT2D eigenvalue weighted by molar-refractivity contribution is 7.17. The lowest BCUT2D eigenvalue weighted by Gasteiger charge is -2.16. The normalized spacial score (nSPS) is 14.4. The average Bonchev–Trinajstić information content (AvgIpc) is 3.95. The fourth-order valence-electron chi connectivity index (χ4n) is 8.50. The van der Waals surface area contributed by atoms with Crippen LogP contribution < -0.4 is 0 Å². The standard InChI is InChI=1S/C47H32N2OS/c1-29-11-9-20-41-46(29)36-15-6-8-19-40(36)48(41)44-25-26-45(51-44)49-39-18-7-5-14-34(39)35-17-10-16-33(47(35)49)32-22-24-43-38(28-32)37-27-31(21-23-42(37)50-43)30-12-3-2-4-13-30/h2-10,12-29H,11H2,1H3. The van der Waals surface area contributed by atoms with Gasteiger partial charge < -0.3 is 8.98 Å². The second-order valence-electron chi connectivity index (χ2n) is 13.7. The maximum absolute atomic E-state index is 6.37. The van der Waals surface area contributed by atoms with Gasteiger partial charge in [0, 0.05) is 32.5 Å². The molecule has 242 valence electrons. The molecule has 3 nitrogen and oxygen atoms in total. The van der Waals surface area contributed by atoms with Crippen molar-refractivity contribution in [3.63, 3.8) is 0 Å². The summed E-state index contributed by atoms with van der Waals surface area (Å²) in [6.07, 6.45) is 5.74. The summed E-state index contributed by atoms with van der Waals surface area (Å²) in [7, 11) is 0. The Morgan fingerprint density at radius 2 is 1.20 bits per heavy atom. The first kappa shape index (κ1) is 28.7. The van der Waals surface area contributed by atoms with Gasteiger partial charge in [0.2, 0.25) is 0 Å². The zero-order valence-electron chi connectivity index (χ0n) is 28.0. The summed E-state index contributed by atoms with van der Waals surface area (Å²) in [4.78, 5) is 0. The van der Waals surface area contributed by atoms with E-state index in [4.69, 9.17) is 4.42 Å². The summed E-state index contributed by atoms with van der Waals surface area (Å²) in [5, 5.41) is 8.56. The van der Waals surface area contributed by atoms with Crippen molar-refractivity contribution in [3.05, 3.63) is 163 Å². The van der Waals surface area contributed by atoms with E-state index in [-0.39, 0.29) is 0 Å². The second-order valence-corrected chi connectivity index (χ2v) is 14.8. The van der Waals surface area contributed by atoms with E-state index in [1.54, 1.807) is 0 Å². The van der Waals surface area contributed by atoms with Gasteiger partial charge in [-0.05, 0) is 89.2 Å². The Balaban J connectivity index is 1.13. The number of benzene rings is 6. The lowest BCUT2D eigenvalue weighted by Crippen LogP contribution is -2.01. The lowest BCUT2D eigenvalue weighted by molar-refractivity contribution is 0.669. The number of hydrogen-bond acceptors (Lipinski definition) is 2. The van der Waals surface area contributed by atoms with Gasteiger partial charge in [0.15, 0.2) is 0 Å². The molecular weight excluding hydrogens is 641 g/mol. The van der Waals surface area contributed by atoms with Crippen molar-refractivity contribution in [2.75, 3.05) is 0 Å². The van der Waals surface area contributed by atoms with Gasteiger partial charge >= 0.3 is 0 Å². The zero-order valence-corrected chi connectivity index (χ0v) is 28.8. The monoisotopic (exact) mass is 672 g/mol. The summed E-state index contributed by atoms with van der Waals surface area (Å²) >= 11 is 1.85. The Bertz CT molecular complexity index is 3020. The Kier molecular flexibility index (Phi) is 6.16. The number of furan rings is 1. The first-order valence-corrected chi connectivity index (χ1v) is 18.5. The molecule has 51 heavy (non-hydrogen) atoms. The molecule has 0 saturated carbocycles. The third-order valence-electron chi connectivity index (χ3n) is 10.8. The van der Waals surface area contributed by atoms with E-state index in [0.29, 0.717) is 5.92 Å². The van der Waals surface area contributed by atoms with E-state index in [1.165, 1.54) is 76.2 Å². The molecule has 1 atom stereocenters. The minimum atomic E-state index is 0.491. The largest absolute Gasteiger partial charge is 0.456 e. The van der Waals surface area contributed by atoms with Gasteiger partial charge in [0.05, 0.1) is 22.2 Å². The summed E-state index contributed by atoms with van der Waals surface area (Å²) < 4.78 is 11.3. The van der Waals surface area contributed by atoms with Crippen molar-refractivity contribution < 1.29 is 4.42 Å². The highest BCUT2D eigenvalue weighted by atomic mass is 32.1. The number of para-hydroxylation sites is 3. The summed E-state index contributed by atoms with van der Waals surface area (Å²) in [6, 6.07) is 52.8. The quantitative estimate of drug-likeness (QED) is 0.182. The van der Waals surface area contributed by atoms with Crippen LogP contribution in [0.2, 0.25) is 0 Å². The molecule has 4 heterocycles. The minimum Gasteiger partial charge on any atom is -0.456 e. The molecule has 0 aliphatic heterocycles. The Morgan fingerprint density at radius 1 is 0.549 bits per heavy atom. The number of nitrogens with zero attached hydrogens (tertiary/aromatic N) is 2. The third-order valence-corrected chi connectivity index (χ3v) is 11.9. The first-order chi connectivity index (χ1) is 25.2. The molecule has 4 heteroatoms. The van der Waals surface area contributed by atoms with E-state index in [1.807, 2.05) is 11.3 Å². The number of thiophene rings is 1. The van der Waals surface area contributed by atoms with Crippen LogP contribution in [0.25, 0.3) is 93.0 Å². The van der Waals surface area contributed by atoms with E-state index >= 15 is 0 Å². The Morgan fingerprint density at radius 3 is 2.00 bits per heavy atom. The van der Waals surface area contributed by atoms with E-state index in [2.05, 4.69) is 174 Å². The maximum Gasteiger partial charge on any atom is 0.135 e. The van der Waals surface area contributed by atoms with Crippen LogP contribution in [0.5, 0.6) is 0 Å². The Labute approximate surface area is 298 Å². The molecule has 0 fully saturated rings. The summed E-state index contributed by atoms with van der Waals surface area (Å²) in [6.45, 7) is 2.35. The van der Waals surface area contributed by atoms with Crippen LogP contribution in [-0.4, -0.2) is 9.13 Å². The van der Waals surface area contributed by atoms with Crippen molar-refractivity contribution >= 4 is 72.1 Å². The van der Waals surface area contributed by atoms with E-state index in [0.717, 1.165) is 28.4 Å². The van der Waals surface area contributed by atoms with Gasteiger partial charge in [-0.2, -0.15) is 0 Å². The van der Waals surface area contributed by atoms with Crippen LogP contribution in [0.15, 0.2) is 156 Å². The SMILES string of the molecule is CC1CC=Cc2c1c1ccccc1n2-c1ccc(-n2c3ccccc3c3cccc(-c4ccc5oc6ccc(-c7ccccc7)cc6c5c4)c32)s1. The molecule has 0 radical (unpaired) electrons. The topological polar surface area (TPSA) is 23.0 Å². The fourth-order valence-corrected chi connectivity index (χ4v) is 9.55. The van der Waals surface area contributed by atoms with Gasteiger partial charge in [-0.3, -0.25) is 4.57 Å². The van der Waals surface area contributed by atoms with Crippen LogP contribution in [0, 0.1) is 0 Å². The number of fused-ring (bicyclic) bond motifs is 9. The van der Waals surface area contributed by atoms with Crippen molar-refractivity contribution in [2.45, 2.75) is 19.3 Å². The number of hydrogen-bond donors (Lipinski definition) is 0. The van der Waals surface area contributed by atoms with E-state index in [9.17, 15) is 0 Å². The number of allylic oxidation sites excluding steroid dienone is 1. The number of rotatable bonds is 4. The molecule has 1 aliphatic carbocycles. The highest BCUT2D eigenvalue weighted by Crippen LogP contribution is 2.44. The molecule has 0 spiro atoms. The van der Waals surface area contributed by atoms with E-state index < -0.39 is 0 Å². The molecular formula is C47H32N2OS.